The summed E-state index contributed by atoms with van der Waals surface area (Å²) in [7, 11) is 0. The van der Waals surface area contributed by atoms with Crippen molar-refractivity contribution in [2.45, 2.75) is 80.8 Å². The van der Waals surface area contributed by atoms with Crippen LogP contribution < -0.4 is 0 Å². The fourth-order valence-corrected chi connectivity index (χ4v) is 1.81. The Morgan fingerprint density at radius 1 is 0.840 bits per heavy atom. The molecular weight excluding hydrogens is 324 g/mol. The van der Waals surface area contributed by atoms with Gasteiger partial charge in [0.25, 0.3) is 0 Å². The third-order valence-corrected chi connectivity index (χ3v) is 4.52. The van der Waals surface area contributed by atoms with Crippen LogP contribution in [0.3, 0.4) is 0 Å². The van der Waals surface area contributed by atoms with Crippen LogP contribution in [0.1, 0.15) is 74.7 Å². The van der Waals surface area contributed by atoms with Gasteiger partial charge in [-0.1, -0.05) is 61.8 Å². The molecule has 0 aromatic rings. The van der Waals surface area contributed by atoms with Gasteiger partial charge < -0.3 is 20.4 Å². The molecule has 0 heterocycles. The summed E-state index contributed by atoms with van der Waals surface area (Å²) in [6, 6.07) is 0. The number of hydrogen-bond donors (Lipinski definition) is 4. The molecule has 6 nitrogen and oxygen atoms in total. The molecule has 0 spiro atoms. The summed E-state index contributed by atoms with van der Waals surface area (Å²) >= 11 is 0. The minimum absolute atomic E-state index is 0.0888. The van der Waals surface area contributed by atoms with E-state index in [0.717, 1.165) is 19.3 Å². The lowest BCUT2D eigenvalue weighted by atomic mass is 9.73. The summed E-state index contributed by atoms with van der Waals surface area (Å²) in [5, 5.41) is 35.4. The highest BCUT2D eigenvalue weighted by Crippen LogP contribution is 2.34. The highest BCUT2D eigenvalue weighted by molar-refractivity contribution is 5.69. The Hall–Kier alpha value is -1.14. The molecule has 2 unspecified atom stereocenters. The van der Waals surface area contributed by atoms with Gasteiger partial charge in [-0.25, -0.2) is 0 Å². The molecule has 0 aromatic carbocycles. The van der Waals surface area contributed by atoms with E-state index in [1.165, 1.54) is 0 Å². The van der Waals surface area contributed by atoms with Gasteiger partial charge in [-0.05, 0) is 18.8 Å². The zero-order chi connectivity index (χ0) is 20.8. The van der Waals surface area contributed by atoms with Crippen molar-refractivity contribution in [2.24, 2.45) is 23.2 Å². The average molecular weight is 365 g/mol. The van der Waals surface area contributed by atoms with Crippen molar-refractivity contribution in [1.82, 2.24) is 0 Å². The molecule has 0 aliphatic carbocycles. The largest absolute Gasteiger partial charge is 0.481 e. The van der Waals surface area contributed by atoms with Crippen molar-refractivity contribution in [3.63, 3.8) is 0 Å². The van der Waals surface area contributed by atoms with Gasteiger partial charge in [-0.3, -0.25) is 9.59 Å². The highest BCUT2D eigenvalue weighted by Gasteiger charge is 2.36. The molecule has 0 fully saturated rings. The fourth-order valence-electron chi connectivity index (χ4n) is 1.81. The molecule has 6 heteroatoms. The molecule has 0 aliphatic heterocycles. The van der Waals surface area contributed by atoms with E-state index in [1.807, 2.05) is 20.8 Å². The van der Waals surface area contributed by atoms with Crippen LogP contribution in [-0.2, 0) is 9.59 Å². The van der Waals surface area contributed by atoms with E-state index in [2.05, 4.69) is 6.92 Å². The van der Waals surface area contributed by atoms with Crippen LogP contribution in [0, 0.1) is 23.2 Å². The first kappa shape index (κ1) is 28.7. The molecule has 25 heavy (non-hydrogen) atoms. The summed E-state index contributed by atoms with van der Waals surface area (Å²) in [6.45, 7) is 14.8. The monoisotopic (exact) mass is 364 g/mol. The van der Waals surface area contributed by atoms with E-state index in [4.69, 9.17) is 10.2 Å². The smallest absolute Gasteiger partial charge is 0.305 e. The predicted molar refractivity (Wildman–Crippen MR) is 101 cm³/mol. The molecule has 0 amide bonds. The number of rotatable bonds is 8. The fraction of sp³-hybridized carbons (Fsp3) is 0.895. The second-order valence-corrected chi connectivity index (χ2v) is 7.04. The zero-order valence-electron chi connectivity index (χ0n) is 17.2. The lowest BCUT2D eigenvalue weighted by Crippen LogP contribution is -2.41. The summed E-state index contributed by atoms with van der Waals surface area (Å²) < 4.78 is 0. The number of hydrogen-bond acceptors (Lipinski definition) is 4. The molecule has 0 bridgehead atoms. The summed E-state index contributed by atoms with van der Waals surface area (Å²) in [6.07, 6.45) is 2.26. The number of carboxylic acids is 2. The Balaban J connectivity index is -0.000000336. The van der Waals surface area contributed by atoms with Gasteiger partial charge in [0.1, 0.15) is 0 Å². The van der Waals surface area contributed by atoms with Crippen molar-refractivity contribution in [3.8, 4) is 0 Å². The van der Waals surface area contributed by atoms with Gasteiger partial charge >= 0.3 is 11.9 Å². The van der Waals surface area contributed by atoms with Crippen LogP contribution in [0.5, 0.6) is 0 Å². The number of aliphatic hydroxyl groups is 2. The van der Waals surface area contributed by atoms with Crippen LogP contribution in [0.4, 0.5) is 0 Å². The molecule has 0 radical (unpaired) electrons. The first-order valence-corrected chi connectivity index (χ1v) is 9.11. The Morgan fingerprint density at radius 2 is 1.12 bits per heavy atom. The minimum atomic E-state index is -0.741. The lowest BCUT2D eigenvalue weighted by Gasteiger charge is -2.37. The normalized spacial score (nSPS) is 13.3. The van der Waals surface area contributed by atoms with Crippen molar-refractivity contribution in [1.29, 1.82) is 0 Å². The van der Waals surface area contributed by atoms with Crippen LogP contribution in [-0.4, -0.2) is 45.1 Å². The lowest BCUT2D eigenvalue weighted by molar-refractivity contribution is -0.141. The zero-order valence-corrected chi connectivity index (χ0v) is 17.2. The van der Waals surface area contributed by atoms with E-state index in [9.17, 15) is 19.8 Å². The molecular formula is C19H40O6. The summed E-state index contributed by atoms with van der Waals surface area (Å²) in [5.41, 5.74) is -0.282. The van der Waals surface area contributed by atoms with Crippen LogP contribution in [0.2, 0.25) is 0 Å². The van der Waals surface area contributed by atoms with Crippen molar-refractivity contribution in [3.05, 3.63) is 0 Å². The highest BCUT2D eigenvalue weighted by atomic mass is 16.4. The molecule has 0 aliphatic rings. The van der Waals surface area contributed by atoms with E-state index < -0.39 is 11.9 Å². The quantitative estimate of drug-likeness (QED) is 0.522. The molecule has 4 N–H and O–H groups in total. The molecule has 2 atom stereocenters. The van der Waals surface area contributed by atoms with Gasteiger partial charge in [-0.15, -0.1) is 0 Å². The average Bonchev–Trinajstić information content (AvgIpc) is 2.56. The molecule has 0 rings (SSSR count). The van der Waals surface area contributed by atoms with Crippen LogP contribution in [0.25, 0.3) is 0 Å². The number of carboxylic acid groups (broad SMARTS) is 2. The maximum absolute atomic E-state index is 10.1. The molecule has 152 valence electrons. The Morgan fingerprint density at radius 3 is 1.24 bits per heavy atom. The van der Waals surface area contributed by atoms with Crippen LogP contribution in [0.15, 0.2) is 0 Å². The number of aliphatic carboxylic acids is 2. The second kappa shape index (κ2) is 15.1. The third kappa shape index (κ3) is 12.8. The number of carbonyl (C=O) groups is 2. The summed E-state index contributed by atoms with van der Waals surface area (Å²) in [5.74, 6) is -1.67. The summed E-state index contributed by atoms with van der Waals surface area (Å²) in [4.78, 5) is 19.4. The van der Waals surface area contributed by atoms with E-state index in [0.29, 0.717) is 0 Å². The Labute approximate surface area is 153 Å². The molecule has 0 saturated heterocycles. The minimum Gasteiger partial charge on any atom is -0.481 e. The van der Waals surface area contributed by atoms with Gasteiger partial charge in [-0.2, -0.15) is 0 Å². The maximum atomic E-state index is 10.1. The van der Waals surface area contributed by atoms with E-state index in [1.54, 1.807) is 27.7 Å². The van der Waals surface area contributed by atoms with Crippen molar-refractivity contribution in [2.75, 3.05) is 6.61 Å². The maximum Gasteiger partial charge on any atom is 0.305 e. The van der Waals surface area contributed by atoms with Crippen molar-refractivity contribution >= 4 is 11.9 Å². The first-order chi connectivity index (χ1) is 11.4. The Kier molecular flexibility index (Phi) is 17.4. The number of aliphatic hydroxyl groups excluding tert-OH is 2. The van der Waals surface area contributed by atoms with Gasteiger partial charge in [0.15, 0.2) is 0 Å². The van der Waals surface area contributed by atoms with E-state index in [-0.39, 0.29) is 35.9 Å². The standard InChI is InChI=1S/C11H24O2.2C4H8O2/c1-5-9(4)10(13)11(6-2,7-3)8-12;2*1-3(2)4(5)6/h9-10,12-13H,5-8H2,1-4H3;2*3H,1-2H3,(H,5,6). The van der Waals surface area contributed by atoms with Gasteiger partial charge in [0.2, 0.25) is 0 Å². The molecule has 0 aromatic heterocycles. The molecule has 0 saturated carbocycles. The third-order valence-electron chi connectivity index (χ3n) is 4.52. The SMILES string of the molecule is CC(C)C(=O)O.CC(C)C(=O)O.CCC(C)C(O)C(CC)(CC)CO. The van der Waals surface area contributed by atoms with E-state index >= 15 is 0 Å². The topological polar surface area (TPSA) is 115 Å². The van der Waals surface area contributed by atoms with Crippen LogP contribution >= 0.6 is 0 Å². The van der Waals surface area contributed by atoms with Crippen molar-refractivity contribution < 1.29 is 30.0 Å². The second-order valence-electron chi connectivity index (χ2n) is 7.04. The van der Waals surface area contributed by atoms with Gasteiger partial charge in [0, 0.05) is 5.41 Å². The Bertz CT molecular complexity index is 322. The van der Waals surface area contributed by atoms with Gasteiger partial charge in [0.05, 0.1) is 24.5 Å². The first-order valence-electron chi connectivity index (χ1n) is 9.11. The predicted octanol–water partition coefficient (Wildman–Crippen LogP) is 3.65.